The van der Waals surface area contributed by atoms with Gasteiger partial charge < -0.3 is 14.7 Å². The maximum atomic E-state index is 12.6. The van der Waals surface area contributed by atoms with Gasteiger partial charge in [-0.15, -0.1) is 4.40 Å². The highest BCUT2D eigenvalue weighted by Crippen LogP contribution is 2.41. The van der Waals surface area contributed by atoms with E-state index in [0.29, 0.717) is 29.9 Å². The van der Waals surface area contributed by atoms with E-state index >= 15 is 0 Å². The summed E-state index contributed by atoms with van der Waals surface area (Å²) in [6.07, 6.45) is -0.300. The van der Waals surface area contributed by atoms with E-state index in [1.54, 1.807) is 39.0 Å². The fourth-order valence-electron chi connectivity index (χ4n) is 3.32. The number of carbonyl (C=O) groups is 1. The number of nitrogens with one attached hydrogen (secondary N) is 1. The van der Waals surface area contributed by atoms with Crippen LogP contribution in [0.4, 0.5) is 4.79 Å². The van der Waals surface area contributed by atoms with Crippen LogP contribution in [-0.2, 0) is 10.2 Å². The Kier molecular flexibility index (Phi) is 4.48. The van der Waals surface area contributed by atoms with Crippen LogP contribution < -0.4 is 9.46 Å². The third-order valence-corrected chi connectivity index (χ3v) is 5.66. The van der Waals surface area contributed by atoms with Crippen LogP contribution in [0.15, 0.2) is 28.7 Å². The van der Waals surface area contributed by atoms with Crippen LogP contribution >= 0.6 is 0 Å². The Morgan fingerprint density at radius 2 is 1.88 bits per heavy atom. The molecule has 0 atom stereocenters. The molecule has 1 aromatic carbocycles. The predicted molar refractivity (Wildman–Crippen MR) is 97.0 cm³/mol. The van der Waals surface area contributed by atoms with Gasteiger partial charge in [0.15, 0.2) is 5.60 Å². The van der Waals surface area contributed by atoms with E-state index in [1.165, 1.54) is 4.90 Å². The number of hydrogen-bond donors (Lipinski definition) is 2. The fourth-order valence-corrected chi connectivity index (χ4v) is 4.64. The Hall–Kier alpha value is -2.13. The summed E-state index contributed by atoms with van der Waals surface area (Å²) in [5.41, 5.74) is -0.616. The zero-order valence-electron chi connectivity index (χ0n) is 15.0. The molecular formula is C17H23N3O5S. The molecule has 1 aromatic rings. The van der Waals surface area contributed by atoms with E-state index in [1.807, 2.05) is 6.07 Å². The minimum Gasteiger partial charge on any atom is -0.480 e. The summed E-state index contributed by atoms with van der Waals surface area (Å²) in [6, 6.07) is 7.16. The van der Waals surface area contributed by atoms with Crippen molar-refractivity contribution in [3.8, 4) is 5.75 Å². The smallest absolute Gasteiger partial charge is 0.407 e. The molecule has 0 bridgehead atoms. The Morgan fingerprint density at radius 3 is 2.46 bits per heavy atom. The SMILES string of the molecule is CC(C)(C)NS(=O)(=O)N=C1c2ccccc2OC12CCN(C(=O)O)CC2. The van der Waals surface area contributed by atoms with Gasteiger partial charge in [-0.1, -0.05) is 12.1 Å². The number of benzene rings is 1. The van der Waals surface area contributed by atoms with Gasteiger partial charge in [0.25, 0.3) is 0 Å². The molecule has 8 nitrogen and oxygen atoms in total. The molecule has 3 rings (SSSR count). The van der Waals surface area contributed by atoms with Gasteiger partial charge in [-0.2, -0.15) is 13.1 Å². The number of likely N-dealkylation sites (tertiary alicyclic amines) is 1. The second-order valence-electron chi connectivity index (χ2n) is 7.63. The van der Waals surface area contributed by atoms with Gasteiger partial charge in [-0.3, -0.25) is 0 Å². The van der Waals surface area contributed by atoms with Crippen LogP contribution in [0, 0.1) is 0 Å². The van der Waals surface area contributed by atoms with E-state index in [9.17, 15) is 18.3 Å². The van der Waals surface area contributed by atoms with Gasteiger partial charge in [0.2, 0.25) is 0 Å². The third-order valence-electron chi connectivity index (χ3n) is 4.37. The fraction of sp³-hybridized carbons (Fsp3) is 0.529. The number of carboxylic acid groups (broad SMARTS) is 1. The molecule has 2 aliphatic heterocycles. The lowest BCUT2D eigenvalue weighted by atomic mass is 9.85. The number of para-hydroxylation sites is 1. The molecule has 1 amide bonds. The lowest BCUT2D eigenvalue weighted by Crippen LogP contribution is -2.52. The molecule has 0 saturated carbocycles. The lowest BCUT2D eigenvalue weighted by Gasteiger charge is -2.37. The second kappa shape index (κ2) is 6.24. The average Bonchev–Trinajstić information content (AvgIpc) is 2.78. The first-order valence-electron chi connectivity index (χ1n) is 8.42. The molecule has 2 heterocycles. The van der Waals surface area contributed by atoms with Crippen LogP contribution in [-0.4, -0.2) is 54.5 Å². The van der Waals surface area contributed by atoms with E-state index in [-0.39, 0.29) is 13.1 Å². The minimum absolute atomic E-state index is 0.259. The summed E-state index contributed by atoms with van der Waals surface area (Å²) in [6.45, 7) is 5.74. The van der Waals surface area contributed by atoms with Gasteiger partial charge in [-0.25, -0.2) is 4.79 Å². The highest BCUT2D eigenvalue weighted by atomic mass is 32.2. The zero-order valence-corrected chi connectivity index (χ0v) is 15.8. The van der Waals surface area contributed by atoms with E-state index in [0.717, 1.165) is 0 Å². The van der Waals surface area contributed by atoms with Gasteiger partial charge in [0.05, 0.1) is 0 Å². The first kappa shape index (κ1) is 18.7. The Morgan fingerprint density at radius 1 is 1.27 bits per heavy atom. The molecule has 0 radical (unpaired) electrons. The molecule has 1 saturated heterocycles. The zero-order chi connectivity index (χ0) is 19.2. The molecule has 0 unspecified atom stereocenters. The Bertz CT molecular complexity index is 849. The Balaban J connectivity index is 2.01. The number of amides is 1. The summed E-state index contributed by atoms with van der Waals surface area (Å²) < 4.78 is 37.8. The highest BCUT2D eigenvalue weighted by Gasteiger charge is 2.49. The van der Waals surface area contributed by atoms with Crippen molar-refractivity contribution in [2.75, 3.05) is 13.1 Å². The van der Waals surface area contributed by atoms with Crippen molar-refractivity contribution in [3.63, 3.8) is 0 Å². The maximum Gasteiger partial charge on any atom is 0.407 e. The molecule has 1 spiro atoms. The van der Waals surface area contributed by atoms with Crippen LogP contribution in [0.3, 0.4) is 0 Å². The molecular weight excluding hydrogens is 358 g/mol. The monoisotopic (exact) mass is 381 g/mol. The van der Waals surface area contributed by atoms with Gasteiger partial charge in [-0.05, 0) is 32.9 Å². The number of piperidine rings is 1. The summed E-state index contributed by atoms with van der Waals surface area (Å²) in [5, 5.41) is 9.17. The van der Waals surface area contributed by atoms with Crippen LogP contribution in [0.1, 0.15) is 39.2 Å². The summed E-state index contributed by atoms with van der Waals surface area (Å²) in [4.78, 5) is 12.5. The van der Waals surface area contributed by atoms with E-state index in [2.05, 4.69) is 9.12 Å². The van der Waals surface area contributed by atoms with Crippen molar-refractivity contribution >= 4 is 22.0 Å². The molecule has 0 aromatic heterocycles. The molecule has 2 aliphatic rings. The lowest BCUT2D eigenvalue weighted by molar-refractivity contribution is 0.0628. The first-order valence-corrected chi connectivity index (χ1v) is 9.86. The van der Waals surface area contributed by atoms with Crippen molar-refractivity contribution in [2.24, 2.45) is 4.40 Å². The van der Waals surface area contributed by atoms with E-state index < -0.39 is 27.4 Å². The number of ether oxygens (including phenoxy) is 1. The highest BCUT2D eigenvalue weighted by molar-refractivity contribution is 7.88. The molecule has 9 heteroatoms. The maximum absolute atomic E-state index is 12.6. The second-order valence-corrected chi connectivity index (χ2v) is 8.97. The molecule has 142 valence electrons. The average molecular weight is 381 g/mol. The van der Waals surface area contributed by atoms with Gasteiger partial charge in [0.1, 0.15) is 11.5 Å². The molecule has 1 fully saturated rings. The van der Waals surface area contributed by atoms with Crippen molar-refractivity contribution in [1.82, 2.24) is 9.62 Å². The van der Waals surface area contributed by atoms with Gasteiger partial charge in [0, 0.05) is 37.0 Å². The molecule has 2 N–H and O–H groups in total. The van der Waals surface area contributed by atoms with Gasteiger partial charge >= 0.3 is 16.3 Å². The predicted octanol–water partition coefficient (Wildman–Crippen LogP) is 2.01. The molecule has 26 heavy (non-hydrogen) atoms. The van der Waals surface area contributed by atoms with E-state index in [4.69, 9.17) is 4.74 Å². The minimum atomic E-state index is -3.94. The number of hydrogen-bond acceptors (Lipinski definition) is 4. The summed E-state index contributed by atoms with van der Waals surface area (Å²) >= 11 is 0. The normalized spacial score (nSPS) is 20.9. The van der Waals surface area contributed by atoms with Crippen molar-refractivity contribution in [1.29, 1.82) is 0 Å². The number of fused-ring (bicyclic) bond motifs is 1. The number of nitrogens with zero attached hydrogens (tertiary/aromatic N) is 2. The standard InChI is InChI=1S/C17H23N3O5S/c1-16(2,3)19-26(23,24)18-14-12-6-4-5-7-13(12)25-17(14)8-10-20(11-9-17)15(21)22/h4-7,19H,8-11H2,1-3H3,(H,21,22). The third kappa shape index (κ3) is 3.68. The summed E-state index contributed by atoms with van der Waals surface area (Å²) in [7, 11) is -3.94. The van der Waals surface area contributed by atoms with Crippen molar-refractivity contribution in [3.05, 3.63) is 29.8 Å². The van der Waals surface area contributed by atoms with Crippen LogP contribution in [0.5, 0.6) is 5.75 Å². The quantitative estimate of drug-likeness (QED) is 0.815. The summed E-state index contributed by atoms with van der Waals surface area (Å²) in [5.74, 6) is 0.570. The van der Waals surface area contributed by atoms with Crippen molar-refractivity contribution < 1.29 is 23.1 Å². The topological polar surface area (TPSA) is 108 Å². The number of rotatable bonds is 2. The first-order chi connectivity index (χ1) is 12.0. The van der Waals surface area contributed by atoms with Crippen molar-refractivity contribution in [2.45, 2.75) is 44.8 Å². The van der Waals surface area contributed by atoms with Crippen LogP contribution in [0.2, 0.25) is 0 Å². The molecule has 0 aliphatic carbocycles. The largest absolute Gasteiger partial charge is 0.480 e. The van der Waals surface area contributed by atoms with Crippen LogP contribution in [0.25, 0.3) is 0 Å². The Labute approximate surface area is 153 Å².